The average molecular weight is 287 g/mol. The molecule has 0 radical (unpaired) electrons. The van der Waals surface area contributed by atoms with E-state index in [4.69, 9.17) is 0 Å². The molecule has 2 aliphatic carbocycles. The second-order valence-electron chi connectivity index (χ2n) is 6.70. The van der Waals surface area contributed by atoms with Crippen LogP contribution in [0.4, 0.5) is 0 Å². The topological polar surface area (TPSA) is 49.3 Å². The van der Waals surface area contributed by atoms with Gasteiger partial charge in [0.15, 0.2) is 0 Å². The Labute approximate surface area is 126 Å². The van der Waals surface area contributed by atoms with Crippen LogP contribution in [-0.4, -0.2) is 11.0 Å². The number of hydrogen-bond donors (Lipinski definition) is 2. The zero-order valence-electron chi connectivity index (χ0n) is 12.6. The summed E-state index contributed by atoms with van der Waals surface area (Å²) in [6.45, 7) is 0.559. The number of aromatic hydroxyl groups is 1. The molecule has 1 aromatic rings. The quantitative estimate of drug-likeness (QED) is 0.892. The maximum atomic E-state index is 12.4. The summed E-state index contributed by atoms with van der Waals surface area (Å²) in [5, 5.41) is 12.3. The molecule has 3 heteroatoms. The van der Waals surface area contributed by atoms with E-state index in [0.717, 1.165) is 30.2 Å². The summed E-state index contributed by atoms with van der Waals surface area (Å²) in [6, 6.07) is 7.03. The first-order valence-corrected chi connectivity index (χ1v) is 8.28. The van der Waals surface area contributed by atoms with E-state index in [-0.39, 0.29) is 17.6 Å². The number of carbonyl (C=O) groups excluding carboxylic acids is 1. The highest BCUT2D eigenvalue weighted by molar-refractivity contribution is 5.78. The minimum atomic E-state index is 0.210. The summed E-state index contributed by atoms with van der Waals surface area (Å²) >= 11 is 0. The van der Waals surface area contributed by atoms with E-state index in [1.807, 2.05) is 12.1 Å². The molecule has 114 valence electrons. The van der Waals surface area contributed by atoms with E-state index < -0.39 is 0 Å². The molecular weight excluding hydrogens is 262 g/mol. The first kappa shape index (κ1) is 14.4. The largest absolute Gasteiger partial charge is 0.508 e. The second-order valence-corrected chi connectivity index (χ2v) is 6.70. The lowest BCUT2D eigenvalue weighted by Crippen LogP contribution is -2.37. The third-order valence-electron chi connectivity index (χ3n) is 5.31. The normalized spacial score (nSPS) is 28.7. The van der Waals surface area contributed by atoms with E-state index in [2.05, 4.69) is 5.32 Å². The molecule has 3 nitrogen and oxygen atoms in total. The fourth-order valence-corrected chi connectivity index (χ4v) is 4.06. The predicted molar refractivity (Wildman–Crippen MR) is 82.7 cm³/mol. The minimum absolute atomic E-state index is 0.210. The first-order valence-electron chi connectivity index (χ1n) is 8.28. The van der Waals surface area contributed by atoms with Crippen LogP contribution in [-0.2, 0) is 11.3 Å². The van der Waals surface area contributed by atoms with E-state index >= 15 is 0 Å². The van der Waals surface area contributed by atoms with Gasteiger partial charge in [0.25, 0.3) is 0 Å². The van der Waals surface area contributed by atoms with Crippen LogP contribution in [0.15, 0.2) is 24.3 Å². The number of fused-ring (bicyclic) bond motifs is 1. The molecule has 0 spiro atoms. The Bertz CT molecular complexity index is 482. The van der Waals surface area contributed by atoms with Crippen molar-refractivity contribution in [3.05, 3.63) is 29.8 Å². The van der Waals surface area contributed by atoms with Crippen molar-refractivity contribution in [1.29, 1.82) is 0 Å². The number of rotatable bonds is 3. The third-order valence-corrected chi connectivity index (χ3v) is 5.31. The number of benzene rings is 1. The van der Waals surface area contributed by atoms with E-state index in [1.54, 1.807) is 12.1 Å². The van der Waals surface area contributed by atoms with Crippen molar-refractivity contribution in [3.63, 3.8) is 0 Å². The smallest absolute Gasteiger partial charge is 0.223 e. The van der Waals surface area contributed by atoms with Gasteiger partial charge in [-0.1, -0.05) is 37.8 Å². The third kappa shape index (κ3) is 3.58. The van der Waals surface area contributed by atoms with Crippen LogP contribution in [0, 0.1) is 17.8 Å². The maximum absolute atomic E-state index is 12.4. The van der Waals surface area contributed by atoms with Gasteiger partial charge >= 0.3 is 0 Å². The molecular formula is C18H25NO2. The lowest BCUT2D eigenvalue weighted by molar-refractivity contribution is -0.127. The van der Waals surface area contributed by atoms with Crippen molar-refractivity contribution in [2.45, 2.75) is 51.5 Å². The Kier molecular flexibility index (Phi) is 4.47. The number of hydrogen-bond acceptors (Lipinski definition) is 2. The van der Waals surface area contributed by atoms with Crippen molar-refractivity contribution in [2.75, 3.05) is 0 Å². The molecule has 3 rings (SSSR count). The van der Waals surface area contributed by atoms with Gasteiger partial charge in [-0.25, -0.2) is 0 Å². The van der Waals surface area contributed by atoms with Crippen molar-refractivity contribution in [1.82, 2.24) is 5.32 Å². The maximum Gasteiger partial charge on any atom is 0.223 e. The SMILES string of the molecule is O=C(NCc1ccc(O)cc1)C1CCC2CCCCC2C1. The lowest BCUT2D eigenvalue weighted by Gasteiger charge is -2.38. The van der Waals surface area contributed by atoms with Gasteiger partial charge in [-0.05, 0) is 48.8 Å². The molecule has 0 heterocycles. The van der Waals surface area contributed by atoms with Gasteiger partial charge < -0.3 is 10.4 Å². The minimum Gasteiger partial charge on any atom is -0.508 e. The van der Waals surface area contributed by atoms with Crippen molar-refractivity contribution in [3.8, 4) is 5.75 Å². The average Bonchev–Trinajstić information content (AvgIpc) is 2.53. The summed E-state index contributed by atoms with van der Waals surface area (Å²) in [5.41, 5.74) is 1.03. The number of nitrogens with one attached hydrogen (secondary N) is 1. The highest BCUT2D eigenvalue weighted by atomic mass is 16.3. The Hall–Kier alpha value is -1.51. The molecule has 2 saturated carbocycles. The standard InChI is InChI=1S/C18H25NO2/c20-17-9-5-13(6-10-17)12-19-18(21)16-8-7-14-3-1-2-4-15(14)11-16/h5-6,9-10,14-16,20H,1-4,7-8,11-12H2,(H,19,21). The summed E-state index contributed by atoms with van der Waals surface area (Å²) in [5.74, 6) is 2.37. The Morgan fingerprint density at radius 3 is 2.52 bits per heavy atom. The lowest BCUT2D eigenvalue weighted by atomic mass is 9.67. The second kappa shape index (κ2) is 6.50. The van der Waals surface area contributed by atoms with E-state index in [1.165, 1.54) is 32.1 Å². The number of phenols is 1. The van der Waals surface area contributed by atoms with Crippen molar-refractivity contribution in [2.24, 2.45) is 17.8 Å². The van der Waals surface area contributed by atoms with Crippen LogP contribution in [0.3, 0.4) is 0 Å². The summed E-state index contributed by atoms with van der Waals surface area (Å²) in [6.07, 6.45) is 8.83. The van der Waals surface area contributed by atoms with Gasteiger partial charge in [-0.15, -0.1) is 0 Å². The Balaban J connectivity index is 1.50. The Morgan fingerprint density at radius 2 is 1.76 bits per heavy atom. The van der Waals surface area contributed by atoms with Gasteiger partial charge in [0.2, 0.25) is 5.91 Å². The molecule has 3 atom stereocenters. The molecule has 0 saturated heterocycles. The van der Waals surface area contributed by atoms with Crippen LogP contribution in [0.2, 0.25) is 0 Å². The van der Waals surface area contributed by atoms with Crippen LogP contribution in [0.1, 0.15) is 50.5 Å². The molecule has 1 amide bonds. The number of phenolic OH excluding ortho intramolecular Hbond substituents is 1. The molecule has 2 aliphatic rings. The molecule has 3 unspecified atom stereocenters. The number of carbonyl (C=O) groups is 1. The molecule has 2 N–H and O–H groups in total. The first-order chi connectivity index (χ1) is 10.2. The molecule has 21 heavy (non-hydrogen) atoms. The fourth-order valence-electron chi connectivity index (χ4n) is 4.06. The van der Waals surface area contributed by atoms with E-state index in [9.17, 15) is 9.90 Å². The van der Waals surface area contributed by atoms with Crippen LogP contribution in [0.5, 0.6) is 5.75 Å². The van der Waals surface area contributed by atoms with Gasteiger partial charge in [0.1, 0.15) is 5.75 Å². The molecule has 0 aromatic heterocycles. The fraction of sp³-hybridized carbons (Fsp3) is 0.611. The van der Waals surface area contributed by atoms with E-state index in [0.29, 0.717) is 6.54 Å². The van der Waals surface area contributed by atoms with Gasteiger partial charge in [-0.2, -0.15) is 0 Å². The Morgan fingerprint density at radius 1 is 1.05 bits per heavy atom. The summed E-state index contributed by atoms with van der Waals surface area (Å²) < 4.78 is 0. The highest BCUT2D eigenvalue weighted by Gasteiger charge is 2.34. The number of amides is 1. The van der Waals surface area contributed by atoms with Crippen LogP contribution in [0.25, 0.3) is 0 Å². The van der Waals surface area contributed by atoms with Crippen LogP contribution < -0.4 is 5.32 Å². The van der Waals surface area contributed by atoms with Gasteiger partial charge in [-0.3, -0.25) is 4.79 Å². The van der Waals surface area contributed by atoms with Crippen LogP contribution >= 0.6 is 0 Å². The molecule has 0 bridgehead atoms. The summed E-state index contributed by atoms with van der Waals surface area (Å²) in [4.78, 5) is 12.4. The molecule has 0 aliphatic heterocycles. The predicted octanol–water partition coefficient (Wildman–Crippen LogP) is 3.61. The molecule has 2 fully saturated rings. The molecule has 1 aromatic carbocycles. The van der Waals surface area contributed by atoms with Gasteiger partial charge in [0.05, 0.1) is 0 Å². The summed E-state index contributed by atoms with van der Waals surface area (Å²) in [7, 11) is 0. The van der Waals surface area contributed by atoms with Crippen molar-refractivity contribution >= 4 is 5.91 Å². The zero-order chi connectivity index (χ0) is 14.7. The van der Waals surface area contributed by atoms with Crippen molar-refractivity contribution < 1.29 is 9.90 Å². The van der Waals surface area contributed by atoms with Gasteiger partial charge in [0, 0.05) is 12.5 Å². The highest BCUT2D eigenvalue weighted by Crippen LogP contribution is 2.42. The zero-order valence-corrected chi connectivity index (χ0v) is 12.6. The monoisotopic (exact) mass is 287 g/mol.